The minimum absolute atomic E-state index is 0.341. The van der Waals surface area contributed by atoms with Crippen molar-refractivity contribution in [3.05, 3.63) is 29.6 Å². The summed E-state index contributed by atoms with van der Waals surface area (Å²) >= 11 is 0. The third-order valence-corrected chi connectivity index (χ3v) is 3.39. The van der Waals surface area contributed by atoms with Gasteiger partial charge in [0.25, 0.3) is 0 Å². The summed E-state index contributed by atoms with van der Waals surface area (Å²) in [4.78, 5) is 2.14. The molecule has 0 bridgehead atoms. The highest BCUT2D eigenvalue weighted by Gasteiger charge is 2.12. The number of hydrogen-bond acceptors (Lipinski definition) is 2. The third-order valence-electron chi connectivity index (χ3n) is 3.39. The summed E-state index contributed by atoms with van der Waals surface area (Å²) < 4.78 is 13.4. The van der Waals surface area contributed by atoms with Gasteiger partial charge < -0.3 is 4.90 Å². The van der Waals surface area contributed by atoms with Gasteiger partial charge in [-0.25, -0.2) is 4.39 Å². The van der Waals surface area contributed by atoms with Gasteiger partial charge in [-0.2, -0.15) is 5.26 Å². The molecule has 0 saturated carbocycles. The minimum Gasteiger partial charge on any atom is -0.371 e. The summed E-state index contributed by atoms with van der Waals surface area (Å²) in [6, 6.07) is 6.54. The summed E-state index contributed by atoms with van der Waals surface area (Å²) in [5.74, 6) is 0.269. The van der Waals surface area contributed by atoms with Crippen LogP contribution in [-0.2, 0) is 0 Å². The maximum atomic E-state index is 13.4. The molecule has 0 unspecified atom stereocenters. The average molecular weight is 248 g/mol. The van der Waals surface area contributed by atoms with E-state index < -0.39 is 0 Å². The van der Waals surface area contributed by atoms with Crippen molar-refractivity contribution in [3.8, 4) is 6.07 Å². The Hall–Kier alpha value is -1.56. The second-order valence-corrected chi connectivity index (χ2v) is 4.53. The maximum absolute atomic E-state index is 13.4. The van der Waals surface area contributed by atoms with Crippen LogP contribution in [0, 0.1) is 23.1 Å². The van der Waals surface area contributed by atoms with Crippen molar-refractivity contribution >= 4 is 5.69 Å². The number of benzene rings is 1. The Morgan fingerprint density at radius 2 is 1.89 bits per heavy atom. The fourth-order valence-corrected chi connectivity index (χ4v) is 2.10. The van der Waals surface area contributed by atoms with Crippen LogP contribution in [0.4, 0.5) is 10.1 Å². The van der Waals surface area contributed by atoms with Gasteiger partial charge in [0.2, 0.25) is 0 Å². The molecule has 0 radical (unpaired) electrons. The monoisotopic (exact) mass is 248 g/mol. The van der Waals surface area contributed by atoms with Crippen molar-refractivity contribution in [1.29, 1.82) is 5.26 Å². The first-order valence-electron chi connectivity index (χ1n) is 6.60. The van der Waals surface area contributed by atoms with E-state index >= 15 is 0 Å². The van der Waals surface area contributed by atoms with E-state index in [4.69, 9.17) is 5.26 Å². The lowest BCUT2D eigenvalue weighted by atomic mass is 10.0. The molecule has 0 fully saturated rings. The summed E-state index contributed by atoms with van der Waals surface area (Å²) in [6.45, 7) is 8.14. The lowest BCUT2D eigenvalue weighted by Gasteiger charge is -2.27. The van der Waals surface area contributed by atoms with Crippen LogP contribution in [0.3, 0.4) is 0 Å². The van der Waals surface area contributed by atoms with Gasteiger partial charge in [-0.1, -0.05) is 26.7 Å². The van der Waals surface area contributed by atoms with Crippen molar-refractivity contribution in [2.45, 2.75) is 33.6 Å². The molecule has 0 amide bonds. The van der Waals surface area contributed by atoms with Gasteiger partial charge in [0.15, 0.2) is 0 Å². The van der Waals surface area contributed by atoms with Crippen molar-refractivity contribution in [3.63, 3.8) is 0 Å². The van der Waals surface area contributed by atoms with Crippen LogP contribution >= 0.6 is 0 Å². The number of hydrogen-bond donors (Lipinski definition) is 0. The van der Waals surface area contributed by atoms with Gasteiger partial charge in [0.05, 0.1) is 11.6 Å². The zero-order valence-electron chi connectivity index (χ0n) is 11.4. The Balaban J connectivity index is 2.94. The summed E-state index contributed by atoms with van der Waals surface area (Å²) in [6.07, 6.45) is 2.24. The van der Waals surface area contributed by atoms with E-state index in [1.165, 1.54) is 12.1 Å². The predicted molar refractivity (Wildman–Crippen MR) is 73.1 cm³/mol. The van der Waals surface area contributed by atoms with E-state index in [0.717, 1.165) is 31.6 Å². The standard InChI is InChI=1S/C15H21FN2/c1-4-12(5-2)11-18(6-3)15-8-13(10-17)7-14(16)9-15/h7-9,12H,4-6,11H2,1-3H3. The Bertz CT molecular complexity index is 419. The molecule has 0 heterocycles. The van der Waals surface area contributed by atoms with E-state index in [9.17, 15) is 4.39 Å². The van der Waals surface area contributed by atoms with E-state index in [0.29, 0.717) is 11.5 Å². The molecule has 0 aliphatic carbocycles. The minimum atomic E-state index is -0.341. The molecule has 0 spiro atoms. The molecule has 2 nitrogen and oxygen atoms in total. The van der Waals surface area contributed by atoms with Crippen LogP contribution in [0.15, 0.2) is 18.2 Å². The second kappa shape index (κ2) is 7.00. The third kappa shape index (κ3) is 3.73. The molecule has 3 heteroatoms. The Morgan fingerprint density at radius 3 is 2.39 bits per heavy atom. The van der Waals surface area contributed by atoms with Gasteiger partial charge >= 0.3 is 0 Å². The topological polar surface area (TPSA) is 27.0 Å². The highest BCUT2D eigenvalue weighted by Crippen LogP contribution is 2.21. The highest BCUT2D eigenvalue weighted by molar-refractivity contribution is 5.52. The quantitative estimate of drug-likeness (QED) is 0.762. The first kappa shape index (κ1) is 14.5. The Kier molecular flexibility index (Phi) is 5.64. The summed E-state index contributed by atoms with van der Waals surface area (Å²) in [7, 11) is 0. The lowest BCUT2D eigenvalue weighted by molar-refractivity contribution is 0.485. The van der Waals surface area contributed by atoms with Crippen LogP contribution in [0.1, 0.15) is 39.2 Å². The molecule has 1 aromatic carbocycles. The van der Waals surface area contributed by atoms with Crippen LogP contribution in [0.2, 0.25) is 0 Å². The lowest BCUT2D eigenvalue weighted by Crippen LogP contribution is -2.29. The highest BCUT2D eigenvalue weighted by atomic mass is 19.1. The fraction of sp³-hybridized carbons (Fsp3) is 0.533. The molecule has 0 aromatic heterocycles. The zero-order valence-corrected chi connectivity index (χ0v) is 11.4. The van der Waals surface area contributed by atoms with Gasteiger partial charge in [-0.3, -0.25) is 0 Å². The molecule has 1 aromatic rings. The SMILES string of the molecule is CCC(CC)CN(CC)c1cc(F)cc(C#N)c1. The first-order valence-corrected chi connectivity index (χ1v) is 6.60. The molecule has 98 valence electrons. The van der Waals surface area contributed by atoms with Crippen molar-refractivity contribution in [2.75, 3.05) is 18.0 Å². The molecule has 0 atom stereocenters. The van der Waals surface area contributed by atoms with Crippen LogP contribution in [0.5, 0.6) is 0 Å². The van der Waals surface area contributed by atoms with E-state index in [2.05, 4.69) is 25.7 Å². The fourth-order valence-electron chi connectivity index (χ4n) is 2.10. The van der Waals surface area contributed by atoms with Crippen LogP contribution in [-0.4, -0.2) is 13.1 Å². The van der Waals surface area contributed by atoms with Crippen LogP contribution < -0.4 is 4.90 Å². The van der Waals surface area contributed by atoms with Crippen molar-refractivity contribution < 1.29 is 4.39 Å². The van der Waals surface area contributed by atoms with E-state index in [1.807, 2.05) is 6.07 Å². The normalized spacial score (nSPS) is 10.4. The second-order valence-electron chi connectivity index (χ2n) is 4.53. The number of anilines is 1. The van der Waals surface area contributed by atoms with Gasteiger partial charge in [-0.05, 0) is 31.0 Å². The van der Waals surface area contributed by atoms with Gasteiger partial charge in [-0.15, -0.1) is 0 Å². The molecule has 18 heavy (non-hydrogen) atoms. The number of halogens is 1. The zero-order chi connectivity index (χ0) is 13.5. The average Bonchev–Trinajstić information content (AvgIpc) is 2.39. The van der Waals surface area contributed by atoms with Crippen molar-refractivity contribution in [2.24, 2.45) is 5.92 Å². The maximum Gasteiger partial charge on any atom is 0.126 e. The molecular formula is C15H21FN2. The van der Waals surface area contributed by atoms with E-state index in [-0.39, 0.29) is 5.82 Å². The van der Waals surface area contributed by atoms with Crippen LogP contribution in [0.25, 0.3) is 0 Å². The molecule has 1 rings (SSSR count). The number of rotatable bonds is 6. The molecule has 0 aliphatic heterocycles. The number of nitriles is 1. The van der Waals surface area contributed by atoms with E-state index in [1.54, 1.807) is 6.07 Å². The molecular weight excluding hydrogens is 227 g/mol. The molecule has 0 aliphatic rings. The Labute approximate surface area is 109 Å². The van der Waals surface area contributed by atoms with Gasteiger partial charge in [0.1, 0.15) is 5.82 Å². The smallest absolute Gasteiger partial charge is 0.126 e. The summed E-state index contributed by atoms with van der Waals surface area (Å²) in [5.41, 5.74) is 1.19. The molecule has 0 N–H and O–H groups in total. The first-order chi connectivity index (χ1) is 8.64. The van der Waals surface area contributed by atoms with Crippen molar-refractivity contribution in [1.82, 2.24) is 0 Å². The van der Waals surface area contributed by atoms with Gasteiger partial charge in [0, 0.05) is 18.8 Å². The number of nitrogens with zero attached hydrogens (tertiary/aromatic N) is 2. The largest absolute Gasteiger partial charge is 0.371 e. The predicted octanol–water partition coefficient (Wildman–Crippen LogP) is 3.96. The summed E-state index contributed by atoms with van der Waals surface area (Å²) in [5, 5.41) is 8.88. The molecule has 0 saturated heterocycles. The Morgan fingerprint density at radius 1 is 1.22 bits per heavy atom.